The van der Waals surface area contributed by atoms with Crippen molar-refractivity contribution in [1.29, 1.82) is 0 Å². The normalized spacial score (nSPS) is 11.8. The third-order valence-electron chi connectivity index (χ3n) is 9.19. The predicted octanol–water partition coefficient (Wildman–Crippen LogP) is 9.85. The van der Waals surface area contributed by atoms with E-state index >= 15 is 0 Å². The monoisotopic (exact) mass is 622 g/mol. The van der Waals surface area contributed by atoms with Gasteiger partial charge in [-0.2, -0.15) is 0 Å². The number of hydrogen-bond donors (Lipinski definition) is 0. The predicted molar refractivity (Wildman–Crippen MR) is 191 cm³/mol. The molecule has 0 aliphatic heterocycles. The Morgan fingerprint density at radius 2 is 0.867 bits per heavy atom. The van der Waals surface area contributed by atoms with Crippen LogP contribution in [0, 0.1) is 0 Å². The van der Waals surface area contributed by atoms with Crippen LogP contribution in [0.2, 0.25) is 0 Å². The van der Waals surface area contributed by atoms with Gasteiger partial charge in [0.2, 0.25) is 5.43 Å². The molecule has 0 fully saturated rings. The zero-order valence-corrected chi connectivity index (χ0v) is 29.0. The molecule has 0 aliphatic rings. The lowest BCUT2D eigenvalue weighted by molar-refractivity contribution is 0.293. The molecule has 0 saturated heterocycles. The zero-order chi connectivity index (χ0) is 32.1. The van der Waals surface area contributed by atoms with Crippen molar-refractivity contribution in [1.82, 2.24) is 9.80 Å². The Balaban J connectivity index is 1.42. The van der Waals surface area contributed by atoms with E-state index in [0.29, 0.717) is 46.7 Å². The van der Waals surface area contributed by atoms with Gasteiger partial charge in [0.25, 0.3) is 0 Å². The second-order valence-electron chi connectivity index (χ2n) is 12.4. The highest BCUT2D eigenvalue weighted by atomic mass is 16.5. The lowest BCUT2D eigenvalue weighted by Gasteiger charge is -2.17. The van der Waals surface area contributed by atoms with Crippen molar-refractivity contribution in [3.05, 3.63) is 46.6 Å². The van der Waals surface area contributed by atoms with E-state index in [1.54, 1.807) is 0 Å². The fraction of sp³-hybridized carbons (Fsp3) is 0.667. The van der Waals surface area contributed by atoms with Gasteiger partial charge in [-0.25, -0.2) is 0 Å². The molecule has 0 N–H and O–H groups in total. The molecule has 6 heteroatoms. The molecule has 0 aliphatic carbocycles. The van der Waals surface area contributed by atoms with Gasteiger partial charge in [0, 0.05) is 0 Å². The second kappa shape index (κ2) is 22.0. The molecule has 0 bridgehead atoms. The Bertz CT molecular complexity index is 1170. The second-order valence-corrected chi connectivity index (χ2v) is 12.4. The Hall–Kier alpha value is -2.57. The third-order valence-corrected chi connectivity index (χ3v) is 9.19. The SMILES string of the molecule is CCN(CC)CCCCCCCCCOc1cccc2c(=O)c3cccc(OCCCCCCCCCN(CC)CC)c3oc12. The van der Waals surface area contributed by atoms with E-state index in [0.717, 1.165) is 51.9 Å². The molecule has 3 aromatic rings. The average molecular weight is 623 g/mol. The van der Waals surface area contributed by atoms with E-state index < -0.39 is 0 Å². The molecule has 0 radical (unpaired) electrons. The molecule has 0 atom stereocenters. The number of ether oxygens (including phenoxy) is 2. The molecule has 3 rings (SSSR count). The van der Waals surface area contributed by atoms with Gasteiger partial charge in [-0.05, 0) is 89.2 Å². The summed E-state index contributed by atoms with van der Waals surface area (Å²) < 4.78 is 18.7. The van der Waals surface area contributed by atoms with Crippen LogP contribution in [0.3, 0.4) is 0 Å². The fourth-order valence-electron chi connectivity index (χ4n) is 6.16. The lowest BCUT2D eigenvalue weighted by Crippen LogP contribution is -2.23. The summed E-state index contributed by atoms with van der Waals surface area (Å²) >= 11 is 0. The van der Waals surface area contributed by atoms with Crippen molar-refractivity contribution in [3.63, 3.8) is 0 Å². The highest BCUT2D eigenvalue weighted by molar-refractivity contribution is 5.94. The topological polar surface area (TPSA) is 55.1 Å². The summed E-state index contributed by atoms with van der Waals surface area (Å²) in [6.45, 7) is 17.3. The maximum absolute atomic E-state index is 13.4. The minimum atomic E-state index is -0.0378. The third kappa shape index (κ3) is 12.6. The summed E-state index contributed by atoms with van der Waals surface area (Å²) in [5, 5.41) is 1.11. The largest absolute Gasteiger partial charge is 0.490 e. The van der Waals surface area contributed by atoms with Gasteiger partial charge in [0.15, 0.2) is 22.7 Å². The van der Waals surface area contributed by atoms with Gasteiger partial charge in [-0.1, -0.05) is 104 Å². The number of nitrogens with zero attached hydrogens (tertiary/aromatic N) is 2. The first-order valence-electron chi connectivity index (χ1n) is 18.3. The van der Waals surface area contributed by atoms with Crippen LogP contribution in [0.15, 0.2) is 45.6 Å². The van der Waals surface area contributed by atoms with Crippen LogP contribution in [0.1, 0.15) is 118 Å². The average Bonchev–Trinajstić information content (AvgIpc) is 3.07. The number of rotatable bonds is 26. The van der Waals surface area contributed by atoms with Crippen molar-refractivity contribution >= 4 is 21.9 Å². The Morgan fingerprint density at radius 3 is 1.24 bits per heavy atom. The van der Waals surface area contributed by atoms with Gasteiger partial charge in [-0.15, -0.1) is 0 Å². The van der Waals surface area contributed by atoms with Crippen LogP contribution in [0.5, 0.6) is 11.5 Å². The maximum Gasteiger partial charge on any atom is 0.200 e. The molecule has 1 aromatic heterocycles. The first-order valence-corrected chi connectivity index (χ1v) is 18.3. The summed E-state index contributed by atoms with van der Waals surface area (Å²) in [4.78, 5) is 18.4. The van der Waals surface area contributed by atoms with Crippen LogP contribution < -0.4 is 14.9 Å². The Labute approximate surface area is 273 Å². The van der Waals surface area contributed by atoms with Crippen LogP contribution in [0.25, 0.3) is 21.9 Å². The molecule has 6 nitrogen and oxygen atoms in total. The van der Waals surface area contributed by atoms with Crippen LogP contribution in [-0.4, -0.2) is 62.3 Å². The van der Waals surface area contributed by atoms with E-state index in [-0.39, 0.29) is 5.43 Å². The molecule has 0 amide bonds. The molecular formula is C39H62N2O4. The van der Waals surface area contributed by atoms with Gasteiger partial charge in [0.1, 0.15) is 0 Å². The fourth-order valence-corrected chi connectivity index (χ4v) is 6.16. The molecule has 45 heavy (non-hydrogen) atoms. The summed E-state index contributed by atoms with van der Waals surface area (Å²) in [5.41, 5.74) is 0.990. The van der Waals surface area contributed by atoms with E-state index in [4.69, 9.17) is 13.9 Å². The van der Waals surface area contributed by atoms with Gasteiger partial charge in [-0.3, -0.25) is 4.79 Å². The van der Waals surface area contributed by atoms with Crippen LogP contribution in [0.4, 0.5) is 0 Å². The smallest absolute Gasteiger partial charge is 0.200 e. The highest BCUT2D eigenvalue weighted by Crippen LogP contribution is 2.32. The number of unbranched alkanes of at least 4 members (excludes halogenated alkanes) is 12. The minimum absolute atomic E-state index is 0.0378. The maximum atomic E-state index is 13.4. The molecule has 252 valence electrons. The summed E-state index contributed by atoms with van der Waals surface area (Å²) in [6, 6.07) is 11.2. The van der Waals surface area contributed by atoms with Crippen molar-refractivity contribution < 1.29 is 13.9 Å². The van der Waals surface area contributed by atoms with Gasteiger partial charge in [0.05, 0.1) is 24.0 Å². The summed E-state index contributed by atoms with van der Waals surface area (Å²) in [5.74, 6) is 1.27. The number of para-hydroxylation sites is 2. The molecule has 1 heterocycles. The van der Waals surface area contributed by atoms with E-state index in [1.165, 1.54) is 77.3 Å². The van der Waals surface area contributed by atoms with E-state index in [2.05, 4.69) is 37.5 Å². The van der Waals surface area contributed by atoms with Crippen LogP contribution >= 0.6 is 0 Å². The summed E-state index contributed by atoms with van der Waals surface area (Å²) in [7, 11) is 0. The molecule has 2 aromatic carbocycles. The Kier molecular flexibility index (Phi) is 18.1. The minimum Gasteiger partial charge on any atom is -0.490 e. The van der Waals surface area contributed by atoms with Crippen molar-refractivity contribution in [3.8, 4) is 11.5 Å². The number of hydrogen-bond acceptors (Lipinski definition) is 6. The molecular weight excluding hydrogens is 560 g/mol. The van der Waals surface area contributed by atoms with Crippen molar-refractivity contribution in [2.75, 3.05) is 52.5 Å². The first-order chi connectivity index (χ1) is 22.1. The highest BCUT2D eigenvalue weighted by Gasteiger charge is 2.15. The van der Waals surface area contributed by atoms with E-state index in [9.17, 15) is 4.79 Å². The first kappa shape index (κ1) is 36.9. The lowest BCUT2D eigenvalue weighted by atomic mass is 10.1. The molecule has 0 unspecified atom stereocenters. The van der Waals surface area contributed by atoms with E-state index in [1.807, 2.05) is 36.4 Å². The van der Waals surface area contributed by atoms with Crippen molar-refractivity contribution in [2.24, 2.45) is 0 Å². The van der Waals surface area contributed by atoms with Crippen LogP contribution in [-0.2, 0) is 0 Å². The van der Waals surface area contributed by atoms with Gasteiger partial charge < -0.3 is 23.7 Å². The quantitative estimate of drug-likeness (QED) is 0.0656. The standard InChI is InChI=1S/C39H62N2O4/c1-5-40(6-2)29-19-15-11-9-13-17-21-31-43-35-27-23-25-33-37(42)34-26-24-28-36(39(34)45-38(33)35)44-32-22-18-14-10-12-16-20-30-41(7-3)8-4/h23-28H,5-22,29-32H2,1-4H3. The van der Waals surface area contributed by atoms with Crippen molar-refractivity contribution in [2.45, 2.75) is 118 Å². The summed E-state index contributed by atoms with van der Waals surface area (Å²) in [6.07, 6.45) is 17.2. The zero-order valence-electron chi connectivity index (χ0n) is 29.0. The number of fused-ring (bicyclic) bond motifs is 2. The number of benzene rings is 2. The molecule has 0 spiro atoms. The Morgan fingerprint density at radius 1 is 0.511 bits per heavy atom. The molecule has 0 saturated carbocycles. The van der Waals surface area contributed by atoms with Gasteiger partial charge >= 0.3 is 0 Å².